The highest BCUT2D eigenvalue weighted by Crippen LogP contribution is 2.29. The fraction of sp³-hybridized carbons (Fsp3) is 0.333. The number of halogens is 3. The van der Waals surface area contributed by atoms with Gasteiger partial charge >= 0.3 is 6.18 Å². The number of aliphatic hydroxyl groups excluding tert-OH is 1. The number of aryl methyl sites for hydroxylation is 1. The van der Waals surface area contributed by atoms with E-state index in [9.17, 15) is 18.3 Å². The molecule has 20 heavy (non-hydrogen) atoms. The van der Waals surface area contributed by atoms with Crippen molar-refractivity contribution in [3.05, 3.63) is 57.8 Å². The number of aliphatic hydroxyl groups is 1. The van der Waals surface area contributed by atoms with E-state index < -0.39 is 17.8 Å². The van der Waals surface area contributed by atoms with E-state index in [2.05, 4.69) is 0 Å². The molecule has 0 radical (unpaired) electrons. The molecule has 1 heterocycles. The van der Waals surface area contributed by atoms with Gasteiger partial charge in [-0.25, -0.2) is 0 Å². The first-order valence-corrected chi connectivity index (χ1v) is 7.25. The van der Waals surface area contributed by atoms with Crippen molar-refractivity contribution in [1.82, 2.24) is 0 Å². The predicted molar refractivity (Wildman–Crippen MR) is 73.8 cm³/mol. The second kappa shape index (κ2) is 6.41. The molecule has 1 nitrogen and oxygen atoms in total. The van der Waals surface area contributed by atoms with Gasteiger partial charge in [-0.15, -0.1) is 0 Å². The second-order valence-electron chi connectivity index (χ2n) is 4.72. The summed E-state index contributed by atoms with van der Waals surface area (Å²) in [6, 6.07) is 6.98. The molecule has 0 aliphatic carbocycles. The molecule has 0 amide bonds. The van der Waals surface area contributed by atoms with Crippen LogP contribution in [0.25, 0.3) is 0 Å². The van der Waals surface area contributed by atoms with Crippen LogP contribution in [0, 0.1) is 0 Å². The molecular weight excluding hydrogens is 285 g/mol. The van der Waals surface area contributed by atoms with Crippen LogP contribution in [0.2, 0.25) is 0 Å². The van der Waals surface area contributed by atoms with Crippen LogP contribution in [-0.4, -0.2) is 11.2 Å². The van der Waals surface area contributed by atoms with Crippen LogP contribution in [0.3, 0.4) is 0 Å². The Labute approximate surface area is 119 Å². The van der Waals surface area contributed by atoms with Gasteiger partial charge in [0.25, 0.3) is 0 Å². The monoisotopic (exact) mass is 300 g/mol. The Hall–Kier alpha value is -1.33. The van der Waals surface area contributed by atoms with E-state index in [1.54, 1.807) is 11.3 Å². The van der Waals surface area contributed by atoms with E-state index in [1.165, 1.54) is 17.7 Å². The van der Waals surface area contributed by atoms with Gasteiger partial charge in [-0.2, -0.15) is 24.5 Å². The van der Waals surface area contributed by atoms with Crippen molar-refractivity contribution in [2.75, 3.05) is 0 Å². The Morgan fingerprint density at radius 3 is 2.30 bits per heavy atom. The smallest absolute Gasteiger partial charge is 0.393 e. The molecule has 0 aliphatic heterocycles. The van der Waals surface area contributed by atoms with Crippen molar-refractivity contribution < 1.29 is 18.3 Å². The van der Waals surface area contributed by atoms with E-state index in [4.69, 9.17) is 0 Å². The second-order valence-corrected chi connectivity index (χ2v) is 5.50. The molecule has 1 N–H and O–H groups in total. The van der Waals surface area contributed by atoms with Crippen LogP contribution in [-0.2, 0) is 19.0 Å². The quantitative estimate of drug-likeness (QED) is 0.872. The molecule has 0 saturated carbocycles. The highest BCUT2D eigenvalue weighted by molar-refractivity contribution is 7.07. The number of alkyl halides is 3. The third kappa shape index (κ3) is 4.35. The lowest BCUT2D eigenvalue weighted by Crippen LogP contribution is -2.12. The Morgan fingerprint density at radius 2 is 1.75 bits per heavy atom. The first-order valence-electron chi connectivity index (χ1n) is 6.30. The Morgan fingerprint density at radius 1 is 1.05 bits per heavy atom. The molecule has 1 unspecified atom stereocenters. The number of hydrogen-bond acceptors (Lipinski definition) is 2. The highest BCUT2D eigenvalue weighted by Gasteiger charge is 2.29. The summed E-state index contributed by atoms with van der Waals surface area (Å²) in [5.74, 6) is 0. The predicted octanol–water partition coefficient (Wildman–Crippen LogP) is 4.30. The summed E-state index contributed by atoms with van der Waals surface area (Å²) in [7, 11) is 0. The van der Waals surface area contributed by atoms with Crippen molar-refractivity contribution in [2.45, 2.75) is 31.5 Å². The molecule has 0 saturated heterocycles. The van der Waals surface area contributed by atoms with Crippen LogP contribution in [0.1, 0.15) is 23.1 Å². The van der Waals surface area contributed by atoms with Gasteiger partial charge < -0.3 is 5.11 Å². The minimum Gasteiger partial charge on any atom is -0.393 e. The average Bonchev–Trinajstić information content (AvgIpc) is 2.89. The fourth-order valence-electron chi connectivity index (χ4n) is 1.97. The fourth-order valence-corrected chi connectivity index (χ4v) is 2.68. The number of benzene rings is 1. The minimum atomic E-state index is -4.31. The molecule has 2 rings (SSSR count). The highest BCUT2D eigenvalue weighted by atomic mass is 32.1. The van der Waals surface area contributed by atoms with Gasteiger partial charge in [-0.1, -0.05) is 12.1 Å². The maximum absolute atomic E-state index is 12.4. The molecule has 0 bridgehead atoms. The first-order chi connectivity index (χ1) is 9.45. The molecule has 1 atom stereocenters. The average molecular weight is 300 g/mol. The minimum absolute atomic E-state index is 0.377. The van der Waals surface area contributed by atoms with Crippen molar-refractivity contribution in [3.8, 4) is 0 Å². The largest absolute Gasteiger partial charge is 0.416 e. The lowest BCUT2D eigenvalue weighted by atomic mass is 10.0. The summed E-state index contributed by atoms with van der Waals surface area (Å²) in [6.07, 6.45) is -3.08. The van der Waals surface area contributed by atoms with E-state index >= 15 is 0 Å². The van der Waals surface area contributed by atoms with Gasteiger partial charge in [0.15, 0.2) is 0 Å². The van der Waals surface area contributed by atoms with Gasteiger partial charge in [0.05, 0.1) is 11.7 Å². The molecule has 1 aromatic carbocycles. The van der Waals surface area contributed by atoms with Gasteiger partial charge in [-0.3, -0.25) is 0 Å². The van der Waals surface area contributed by atoms with Crippen molar-refractivity contribution >= 4 is 11.3 Å². The number of rotatable bonds is 5. The lowest BCUT2D eigenvalue weighted by Gasteiger charge is -2.11. The topological polar surface area (TPSA) is 20.2 Å². The van der Waals surface area contributed by atoms with Crippen molar-refractivity contribution in [2.24, 2.45) is 0 Å². The maximum atomic E-state index is 12.4. The number of hydrogen-bond donors (Lipinski definition) is 1. The summed E-state index contributed by atoms with van der Waals surface area (Å²) in [5.41, 5.74) is 1.24. The van der Waals surface area contributed by atoms with Gasteiger partial charge in [-0.05, 0) is 59.3 Å². The normalized spacial score (nSPS) is 13.4. The molecule has 0 fully saturated rings. The first kappa shape index (κ1) is 15.1. The third-order valence-corrected chi connectivity index (χ3v) is 3.83. The van der Waals surface area contributed by atoms with E-state index in [0.717, 1.165) is 24.1 Å². The van der Waals surface area contributed by atoms with Crippen molar-refractivity contribution in [1.29, 1.82) is 0 Å². The maximum Gasteiger partial charge on any atom is 0.416 e. The Kier molecular flexibility index (Phi) is 4.83. The third-order valence-electron chi connectivity index (χ3n) is 3.10. The summed E-state index contributed by atoms with van der Waals surface area (Å²) < 4.78 is 37.2. The molecule has 1 aromatic heterocycles. The van der Waals surface area contributed by atoms with Crippen LogP contribution in [0.4, 0.5) is 13.2 Å². The van der Waals surface area contributed by atoms with Gasteiger partial charge in [0, 0.05) is 0 Å². The summed E-state index contributed by atoms with van der Waals surface area (Å²) >= 11 is 1.61. The van der Waals surface area contributed by atoms with Crippen LogP contribution in [0.15, 0.2) is 41.1 Å². The zero-order chi connectivity index (χ0) is 14.6. The Bertz CT molecular complexity index is 517. The van der Waals surface area contributed by atoms with E-state index in [1.807, 2.05) is 16.8 Å². The molecule has 0 spiro atoms. The van der Waals surface area contributed by atoms with Gasteiger partial charge in [0.2, 0.25) is 0 Å². The van der Waals surface area contributed by atoms with E-state index in [0.29, 0.717) is 12.8 Å². The zero-order valence-electron chi connectivity index (χ0n) is 10.7. The molecule has 5 heteroatoms. The van der Waals surface area contributed by atoms with Gasteiger partial charge in [0.1, 0.15) is 0 Å². The SMILES string of the molecule is OC(CCc1ccsc1)Cc1ccc(C(F)(F)F)cc1. The molecule has 108 valence electrons. The van der Waals surface area contributed by atoms with Crippen LogP contribution in [0.5, 0.6) is 0 Å². The van der Waals surface area contributed by atoms with Crippen molar-refractivity contribution in [3.63, 3.8) is 0 Å². The van der Waals surface area contributed by atoms with Crippen LogP contribution < -0.4 is 0 Å². The summed E-state index contributed by atoms with van der Waals surface area (Å²) in [6.45, 7) is 0. The lowest BCUT2D eigenvalue weighted by molar-refractivity contribution is -0.137. The molecular formula is C15H15F3OS. The summed E-state index contributed by atoms with van der Waals surface area (Å²) in [5, 5.41) is 13.9. The van der Waals surface area contributed by atoms with E-state index in [-0.39, 0.29) is 0 Å². The number of thiophene rings is 1. The molecule has 2 aromatic rings. The van der Waals surface area contributed by atoms with Crippen LogP contribution >= 0.6 is 11.3 Å². The molecule has 0 aliphatic rings. The Balaban J connectivity index is 1.86. The summed E-state index contributed by atoms with van der Waals surface area (Å²) in [4.78, 5) is 0. The standard InChI is InChI=1S/C15H15F3OS/c16-15(17,18)13-4-1-11(2-5-13)9-14(19)6-3-12-7-8-20-10-12/h1-2,4-5,7-8,10,14,19H,3,6,9H2. The zero-order valence-corrected chi connectivity index (χ0v) is 11.5.